The molecule has 0 aliphatic carbocycles. The number of anilines is 2. The van der Waals surface area contributed by atoms with Gasteiger partial charge in [-0.1, -0.05) is 13.8 Å². The summed E-state index contributed by atoms with van der Waals surface area (Å²) in [6.45, 7) is 5.58. The van der Waals surface area contributed by atoms with Crippen LogP contribution < -0.4 is 10.6 Å². The highest BCUT2D eigenvalue weighted by atomic mass is 16.6. The number of aromatic nitrogens is 1. The van der Waals surface area contributed by atoms with Crippen molar-refractivity contribution in [1.82, 2.24) is 4.98 Å². The van der Waals surface area contributed by atoms with Gasteiger partial charge in [0.05, 0.1) is 17.1 Å². The first-order valence-electron chi connectivity index (χ1n) is 7.31. The fourth-order valence-electron chi connectivity index (χ4n) is 1.81. The van der Waals surface area contributed by atoms with Crippen molar-refractivity contribution in [3.05, 3.63) is 22.2 Å². The van der Waals surface area contributed by atoms with E-state index < -0.39 is 4.92 Å². The van der Waals surface area contributed by atoms with Crippen molar-refractivity contribution in [3.63, 3.8) is 0 Å². The average molecular weight is 296 g/mol. The van der Waals surface area contributed by atoms with Gasteiger partial charge in [0.2, 0.25) is 0 Å². The largest absolute Gasteiger partial charge is 0.396 e. The number of nitrogens with zero attached hydrogens (tertiary/aromatic N) is 2. The van der Waals surface area contributed by atoms with Gasteiger partial charge in [-0.2, -0.15) is 0 Å². The maximum atomic E-state index is 10.9. The summed E-state index contributed by atoms with van der Waals surface area (Å²) >= 11 is 0. The molecular weight excluding hydrogens is 272 g/mol. The summed E-state index contributed by atoms with van der Waals surface area (Å²) in [4.78, 5) is 14.8. The Morgan fingerprint density at radius 2 is 1.95 bits per heavy atom. The van der Waals surface area contributed by atoms with E-state index in [1.807, 2.05) is 13.8 Å². The Bertz CT molecular complexity index is 454. The summed E-state index contributed by atoms with van der Waals surface area (Å²) in [5, 5.41) is 26.0. The van der Waals surface area contributed by atoms with E-state index in [0.29, 0.717) is 18.2 Å². The van der Waals surface area contributed by atoms with Gasteiger partial charge in [-0.15, -0.1) is 0 Å². The number of pyridine rings is 1. The van der Waals surface area contributed by atoms with Crippen LogP contribution in [-0.2, 0) is 0 Å². The molecule has 0 aliphatic rings. The number of hydrogen-bond donors (Lipinski definition) is 3. The highest BCUT2D eigenvalue weighted by Gasteiger charge is 2.11. The molecule has 0 fully saturated rings. The van der Waals surface area contributed by atoms with Crippen LogP contribution in [0, 0.1) is 16.0 Å². The molecule has 0 bridgehead atoms. The summed E-state index contributed by atoms with van der Waals surface area (Å²) in [5.41, 5.74) is 0.0230. The van der Waals surface area contributed by atoms with Crippen molar-refractivity contribution in [1.29, 1.82) is 0 Å². The molecule has 0 aromatic carbocycles. The van der Waals surface area contributed by atoms with E-state index in [0.717, 1.165) is 25.8 Å². The Kier molecular flexibility index (Phi) is 7.45. The molecule has 7 heteroatoms. The van der Waals surface area contributed by atoms with Crippen LogP contribution in [0.1, 0.15) is 33.1 Å². The van der Waals surface area contributed by atoms with Crippen molar-refractivity contribution in [2.24, 2.45) is 5.92 Å². The standard InChI is InChI=1S/C14H24N4O3/c1-3-6-15-13-8-12(18(20)21)9-14(17-13)16-7-4-5-11(2)10-19/h8-9,11,19H,3-7,10H2,1-2H3,(H2,15,16,17). The SMILES string of the molecule is CCCNc1cc([N+](=O)[O-])cc(NCCCC(C)CO)n1. The van der Waals surface area contributed by atoms with Gasteiger partial charge in [-0.25, -0.2) is 4.98 Å². The molecule has 0 amide bonds. The molecule has 0 radical (unpaired) electrons. The number of nitro groups is 1. The molecular formula is C14H24N4O3. The van der Waals surface area contributed by atoms with E-state index in [2.05, 4.69) is 15.6 Å². The average Bonchev–Trinajstić information content (AvgIpc) is 2.49. The van der Waals surface area contributed by atoms with Crippen LogP contribution in [0.3, 0.4) is 0 Å². The lowest BCUT2D eigenvalue weighted by Crippen LogP contribution is -2.09. The lowest BCUT2D eigenvalue weighted by Gasteiger charge is -2.10. The minimum Gasteiger partial charge on any atom is -0.396 e. The van der Waals surface area contributed by atoms with E-state index in [1.165, 1.54) is 12.1 Å². The molecule has 1 unspecified atom stereocenters. The Balaban J connectivity index is 2.62. The van der Waals surface area contributed by atoms with Gasteiger partial charge in [0.25, 0.3) is 5.69 Å². The molecule has 0 saturated heterocycles. The second-order valence-electron chi connectivity index (χ2n) is 5.14. The summed E-state index contributed by atoms with van der Waals surface area (Å²) in [5.74, 6) is 1.28. The molecule has 118 valence electrons. The van der Waals surface area contributed by atoms with Crippen LogP contribution in [0.2, 0.25) is 0 Å². The van der Waals surface area contributed by atoms with Gasteiger partial charge in [-0.05, 0) is 25.2 Å². The molecule has 1 rings (SSSR count). The third kappa shape index (κ3) is 6.40. The van der Waals surface area contributed by atoms with Crippen LogP contribution in [0.5, 0.6) is 0 Å². The number of nitrogens with one attached hydrogen (secondary N) is 2. The second-order valence-corrected chi connectivity index (χ2v) is 5.14. The molecule has 0 spiro atoms. The minimum absolute atomic E-state index is 0.0230. The van der Waals surface area contributed by atoms with Gasteiger partial charge in [-0.3, -0.25) is 10.1 Å². The zero-order valence-corrected chi connectivity index (χ0v) is 12.6. The molecule has 1 aromatic rings. The van der Waals surface area contributed by atoms with E-state index in [-0.39, 0.29) is 18.2 Å². The van der Waals surface area contributed by atoms with Crippen molar-refractivity contribution in [2.75, 3.05) is 30.3 Å². The predicted molar refractivity (Wildman–Crippen MR) is 83.6 cm³/mol. The molecule has 1 aromatic heterocycles. The van der Waals surface area contributed by atoms with Crippen molar-refractivity contribution < 1.29 is 10.0 Å². The zero-order chi connectivity index (χ0) is 15.7. The van der Waals surface area contributed by atoms with Crippen molar-refractivity contribution in [3.8, 4) is 0 Å². The van der Waals surface area contributed by atoms with Crippen molar-refractivity contribution >= 4 is 17.3 Å². The highest BCUT2D eigenvalue weighted by molar-refractivity contribution is 5.54. The van der Waals surface area contributed by atoms with Crippen LogP contribution in [0.15, 0.2) is 12.1 Å². The molecule has 0 saturated carbocycles. The molecule has 21 heavy (non-hydrogen) atoms. The third-order valence-electron chi connectivity index (χ3n) is 3.07. The normalized spacial score (nSPS) is 12.0. The summed E-state index contributed by atoms with van der Waals surface area (Å²) in [6.07, 6.45) is 2.70. The Morgan fingerprint density at radius 3 is 2.48 bits per heavy atom. The zero-order valence-electron chi connectivity index (χ0n) is 12.6. The number of aliphatic hydroxyl groups is 1. The van der Waals surface area contributed by atoms with E-state index in [1.54, 1.807) is 0 Å². The third-order valence-corrected chi connectivity index (χ3v) is 3.07. The van der Waals surface area contributed by atoms with E-state index >= 15 is 0 Å². The minimum atomic E-state index is -0.419. The molecule has 3 N–H and O–H groups in total. The smallest absolute Gasteiger partial charge is 0.276 e. The maximum absolute atomic E-state index is 10.9. The van der Waals surface area contributed by atoms with Crippen LogP contribution in [-0.4, -0.2) is 34.7 Å². The van der Waals surface area contributed by atoms with E-state index in [4.69, 9.17) is 5.11 Å². The number of rotatable bonds is 10. The van der Waals surface area contributed by atoms with Crippen LogP contribution >= 0.6 is 0 Å². The maximum Gasteiger partial charge on any atom is 0.276 e. The van der Waals surface area contributed by atoms with Gasteiger partial charge in [0.15, 0.2) is 0 Å². The summed E-state index contributed by atoms with van der Waals surface area (Å²) < 4.78 is 0. The van der Waals surface area contributed by atoms with Gasteiger partial charge in [0.1, 0.15) is 11.6 Å². The van der Waals surface area contributed by atoms with Gasteiger partial charge in [0, 0.05) is 19.7 Å². The molecule has 1 atom stereocenters. The van der Waals surface area contributed by atoms with Crippen LogP contribution in [0.4, 0.5) is 17.3 Å². The topological polar surface area (TPSA) is 100 Å². The molecule has 0 aliphatic heterocycles. The Morgan fingerprint density at radius 1 is 1.33 bits per heavy atom. The van der Waals surface area contributed by atoms with Gasteiger partial charge >= 0.3 is 0 Å². The Labute approximate surface area is 124 Å². The fourth-order valence-corrected chi connectivity index (χ4v) is 1.81. The van der Waals surface area contributed by atoms with Crippen LogP contribution in [0.25, 0.3) is 0 Å². The lowest BCUT2D eigenvalue weighted by molar-refractivity contribution is -0.384. The quantitative estimate of drug-likeness (QED) is 0.348. The molecule has 7 nitrogen and oxygen atoms in total. The highest BCUT2D eigenvalue weighted by Crippen LogP contribution is 2.20. The monoisotopic (exact) mass is 296 g/mol. The first kappa shape index (κ1) is 17.2. The summed E-state index contributed by atoms with van der Waals surface area (Å²) in [6, 6.07) is 2.88. The number of hydrogen-bond acceptors (Lipinski definition) is 6. The fraction of sp³-hybridized carbons (Fsp3) is 0.643. The second kappa shape index (κ2) is 9.12. The number of aliphatic hydroxyl groups excluding tert-OH is 1. The van der Waals surface area contributed by atoms with E-state index in [9.17, 15) is 10.1 Å². The first-order chi connectivity index (χ1) is 10.1. The lowest BCUT2D eigenvalue weighted by atomic mass is 10.1. The molecule has 1 heterocycles. The Hall–Kier alpha value is -1.89. The summed E-state index contributed by atoms with van der Waals surface area (Å²) in [7, 11) is 0. The van der Waals surface area contributed by atoms with Gasteiger partial charge < -0.3 is 15.7 Å². The predicted octanol–water partition coefficient (Wildman–Crippen LogP) is 2.63. The first-order valence-corrected chi connectivity index (χ1v) is 7.31. The van der Waals surface area contributed by atoms with Crippen molar-refractivity contribution in [2.45, 2.75) is 33.1 Å².